The van der Waals surface area contributed by atoms with Crippen molar-refractivity contribution in [3.05, 3.63) is 0 Å². The zero-order valence-corrected chi connectivity index (χ0v) is 7.64. The van der Waals surface area contributed by atoms with Gasteiger partial charge < -0.3 is 19.7 Å². The molecule has 1 aliphatic rings. The summed E-state index contributed by atoms with van der Waals surface area (Å²) < 4.78 is 9.74. The predicted octanol–water partition coefficient (Wildman–Crippen LogP) is -0.594. The van der Waals surface area contributed by atoms with Crippen molar-refractivity contribution in [3.63, 3.8) is 0 Å². The number of carbonyl (C=O) groups excluding carboxylic acids is 1. The summed E-state index contributed by atoms with van der Waals surface area (Å²) in [6, 6.07) is 0. The molecule has 0 spiro atoms. The Kier molecular flexibility index (Phi) is 3.24. The fraction of sp³-hybridized carbons (Fsp3) is 0.875. The number of carbonyl (C=O) groups is 1. The highest BCUT2D eigenvalue weighted by Gasteiger charge is 2.36. The number of aliphatic hydroxyl groups is 2. The Labute approximate surface area is 76.3 Å². The summed E-state index contributed by atoms with van der Waals surface area (Å²) >= 11 is 0. The third kappa shape index (κ3) is 2.65. The molecule has 0 radical (unpaired) electrons. The van der Waals surface area contributed by atoms with Crippen molar-refractivity contribution in [1.29, 1.82) is 0 Å². The van der Waals surface area contributed by atoms with Crippen LogP contribution in [0.2, 0.25) is 0 Å². The van der Waals surface area contributed by atoms with Crippen LogP contribution in [0.15, 0.2) is 0 Å². The Morgan fingerprint density at radius 3 is 2.69 bits per heavy atom. The molecule has 0 aliphatic carbocycles. The number of aliphatic hydroxyl groups excluding tert-OH is 2. The first-order valence-electron chi connectivity index (χ1n) is 4.19. The molecule has 5 heteroatoms. The van der Waals surface area contributed by atoms with Gasteiger partial charge in [0.05, 0.1) is 6.10 Å². The van der Waals surface area contributed by atoms with E-state index >= 15 is 0 Å². The fourth-order valence-electron chi connectivity index (χ4n) is 1.36. The zero-order chi connectivity index (χ0) is 10.0. The summed E-state index contributed by atoms with van der Waals surface area (Å²) in [6.45, 7) is 2.88. The van der Waals surface area contributed by atoms with E-state index in [-0.39, 0.29) is 6.42 Å². The van der Waals surface area contributed by atoms with Crippen LogP contribution in [0.4, 0.5) is 0 Å². The lowest BCUT2D eigenvalue weighted by atomic mass is 10.0. The second-order valence-electron chi connectivity index (χ2n) is 3.17. The standard InChI is InChI=1S/C8H14O5/c1-4-8(11)6(13-5(2)9)3-7(10)12-4/h4,6-8,10-11H,3H2,1-2H3/t4-,6-,7+,8+/m1/s1. The monoisotopic (exact) mass is 190 g/mol. The topological polar surface area (TPSA) is 76.0 Å². The molecular formula is C8H14O5. The molecule has 0 unspecified atom stereocenters. The largest absolute Gasteiger partial charge is 0.459 e. The van der Waals surface area contributed by atoms with E-state index < -0.39 is 30.6 Å². The van der Waals surface area contributed by atoms with Crippen LogP contribution in [-0.4, -0.2) is 40.8 Å². The highest BCUT2D eigenvalue weighted by atomic mass is 16.6. The summed E-state index contributed by atoms with van der Waals surface area (Å²) in [5.41, 5.74) is 0. The van der Waals surface area contributed by atoms with Crippen molar-refractivity contribution in [2.75, 3.05) is 0 Å². The van der Waals surface area contributed by atoms with Crippen LogP contribution in [-0.2, 0) is 14.3 Å². The highest BCUT2D eigenvalue weighted by Crippen LogP contribution is 2.21. The van der Waals surface area contributed by atoms with Crippen LogP contribution >= 0.6 is 0 Å². The molecule has 1 heterocycles. The number of rotatable bonds is 1. The minimum absolute atomic E-state index is 0.116. The quantitative estimate of drug-likeness (QED) is 0.540. The van der Waals surface area contributed by atoms with E-state index in [1.165, 1.54) is 6.92 Å². The molecule has 0 amide bonds. The molecule has 0 aromatic rings. The highest BCUT2D eigenvalue weighted by molar-refractivity contribution is 5.66. The van der Waals surface area contributed by atoms with Crippen LogP contribution < -0.4 is 0 Å². The van der Waals surface area contributed by atoms with E-state index in [0.29, 0.717) is 0 Å². The third-order valence-corrected chi connectivity index (χ3v) is 1.98. The van der Waals surface area contributed by atoms with E-state index in [2.05, 4.69) is 0 Å². The van der Waals surface area contributed by atoms with Gasteiger partial charge in [0.2, 0.25) is 0 Å². The molecule has 76 valence electrons. The lowest BCUT2D eigenvalue weighted by Crippen LogP contribution is -2.48. The van der Waals surface area contributed by atoms with Crippen LogP contribution in [0, 0.1) is 0 Å². The van der Waals surface area contributed by atoms with Gasteiger partial charge in [0.15, 0.2) is 6.29 Å². The van der Waals surface area contributed by atoms with Crippen LogP contribution in [0.5, 0.6) is 0 Å². The fourth-order valence-corrected chi connectivity index (χ4v) is 1.36. The minimum Gasteiger partial charge on any atom is -0.459 e. The third-order valence-electron chi connectivity index (χ3n) is 1.98. The molecule has 1 saturated heterocycles. The summed E-state index contributed by atoms with van der Waals surface area (Å²) in [5.74, 6) is -0.467. The normalized spacial score (nSPS) is 40.0. The SMILES string of the molecule is CC(=O)O[C@@H]1C[C@@H](O)O[C@H](C)[C@@H]1O. The van der Waals surface area contributed by atoms with E-state index in [0.717, 1.165) is 0 Å². The minimum atomic E-state index is -0.970. The number of hydrogen-bond donors (Lipinski definition) is 2. The molecule has 0 bridgehead atoms. The Morgan fingerprint density at radius 2 is 2.15 bits per heavy atom. The van der Waals surface area contributed by atoms with Crippen molar-refractivity contribution in [3.8, 4) is 0 Å². The molecule has 5 nitrogen and oxygen atoms in total. The van der Waals surface area contributed by atoms with Gasteiger partial charge in [0.1, 0.15) is 12.2 Å². The van der Waals surface area contributed by atoms with Crippen LogP contribution in [0.1, 0.15) is 20.3 Å². The Hall–Kier alpha value is -0.650. The molecule has 13 heavy (non-hydrogen) atoms. The molecule has 0 aromatic heterocycles. The Bertz CT molecular complexity index is 193. The maximum absolute atomic E-state index is 10.6. The van der Waals surface area contributed by atoms with Gasteiger partial charge in [-0.3, -0.25) is 4.79 Å². The summed E-state index contributed by atoms with van der Waals surface area (Å²) in [7, 11) is 0. The second kappa shape index (κ2) is 4.04. The van der Waals surface area contributed by atoms with Gasteiger partial charge in [-0.25, -0.2) is 0 Å². The molecular weight excluding hydrogens is 176 g/mol. The van der Waals surface area contributed by atoms with Gasteiger partial charge >= 0.3 is 5.97 Å². The van der Waals surface area contributed by atoms with Crippen molar-refractivity contribution in [2.24, 2.45) is 0 Å². The maximum atomic E-state index is 10.6. The zero-order valence-electron chi connectivity index (χ0n) is 7.64. The van der Waals surface area contributed by atoms with E-state index in [9.17, 15) is 9.90 Å². The van der Waals surface area contributed by atoms with Crippen LogP contribution in [0.25, 0.3) is 0 Å². The first kappa shape index (κ1) is 10.4. The molecule has 1 rings (SSSR count). The molecule has 0 aromatic carbocycles. The van der Waals surface area contributed by atoms with E-state index in [1.54, 1.807) is 6.92 Å². The lowest BCUT2D eigenvalue weighted by Gasteiger charge is -2.34. The smallest absolute Gasteiger partial charge is 0.302 e. The second-order valence-corrected chi connectivity index (χ2v) is 3.17. The van der Waals surface area contributed by atoms with Gasteiger partial charge in [-0.2, -0.15) is 0 Å². The molecule has 1 aliphatic heterocycles. The number of esters is 1. The van der Waals surface area contributed by atoms with Gasteiger partial charge in [0, 0.05) is 13.3 Å². The average Bonchev–Trinajstić information content (AvgIpc) is 1.98. The molecule has 1 fully saturated rings. The van der Waals surface area contributed by atoms with Gasteiger partial charge in [0.25, 0.3) is 0 Å². The Balaban J connectivity index is 2.55. The summed E-state index contributed by atoms with van der Waals surface area (Å²) in [5, 5.41) is 18.6. The van der Waals surface area contributed by atoms with Crippen molar-refractivity contribution in [2.45, 2.75) is 44.9 Å². The molecule has 2 N–H and O–H groups in total. The lowest BCUT2D eigenvalue weighted by molar-refractivity contribution is -0.233. The molecule has 4 atom stereocenters. The van der Waals surface area contributed by atoms with Crippen molar-refractivity contribution >= 4 is 5.97 Å². The van der Waals surface area contributed by atoms with Crippen molar-refractivity contribution < 1.29 is 24.5 Å². The van der Waals surface area contributed by atoms with Crippen molar-refractivity contribution in [1.82, 2.24) is 0 Å². The summed E-state index contributed by atoms with van der Waals surface area (Å²) in [6.07, 6.45) is -2.91. The summed E-state index contributed by atoms with van der Waals surface area (Å²) in [4.78, 5) is 10.6. The van der Waals surface area contributed by atoms with E-state index in [4.69, 9.17) is 14.6 Å². The van der Waals surface area contributed by atoms with Gasteiger partial charge in [-0.15, -0.1) is 0 Å². The Morgan fingerprint density at radius 1 is 1.54 bits per heavy atom. The average molecular weight is 190 g/mol. The number of ether oxygens (including phenoxy) is 2. The molecule has 0 saturated carbocycles. The van der Waals surface area contributed by atoms with Gasteiger partial charge in [-0.1, -0.05) is 0 Å². The number of hydrogen-bond acceptors (Lipinski definition) is 5. The first-order chi connectivity index (χ1) is 6.00. The van der Waals surface area contributed by atoms with Gasteiger partial charge in [-0.05, 0) is 6.92 Å². The maximum Gasteiger partial charge on any atom is 0.302 e. The van der Waals surface area contributed by atoms with E-state index in [1.807, 2.05) is 0 Å². The first-order valence-corrected chi connectivity index (χ1v) is 4.19. The van der Waals surface area contributed by atoms with Crippen LogP contribution in [0.3, 0.4) is 0 Å². The predicted molar refractivity (Wildman–Crippen MR) is 42.7 cm³/mol.